The summed E-state index contributed by atoms with van der Waals surface area (Å²) in [5.74, 6) is -1.62. The van der Waals surface area contributed by atoms with Gasteiger partial charge < -0.3 is 10.4 Å². The quantitative estimate of drug-likeness (QED) is 0.447. The molecule has 3 N–H and O–H groups in total. The van der Waals surface area contributed by atoms with E-state index in [1.165, 1.54) is 18.3 Å². The lowest BCUT2D eigenvalue weighted by atomic mass is 10.2. The van der Waals surface area contributed by atoms with Crippen molar-refractivity contribution in [1.29, 1.82) is 0 Å². The Kier molecular flexibility index (Phi) is 6.45. The maximum absolute atomic E-state index is 11.4. The van der Waals surface area contributed by atoms with Crippen LogP contribution in [0.5, 0.6) is 5.75 Å². The van der Waals surface area contributed by atoms with Gasteiger partial charge in [-0.1, -0.05) is 37.0 Å². The number of phenols is 1. The number of carbonyl (C=O) groups is 2. The Morgan fingerprint density at radius 1 is 1.29 bits per heavy atom. The second-order valence-corrected chi connectivity index (χ2v) is 5.45. The Balaban J connectivity index is 2.58. The van der Waals surface area contributed by atoms with E-state index in [9.17, 15) is 14.7 Å². The third kappa shape index (κ3) is 5.61. The van der Waals surface area contributed by atoms with Crippen molar-refractivity contribution in [2.75, 3.05) is 6.54 Å². The molecule has 0 aliphatic carbocycles. The third-order valence-electron chi connectivity index (χ3n) is 2.30. The van der Waals surface area contributed by atoms with Gasteiger partial charge in [-0.05, 0) is 23.6 Å². The summed E-state index contributed by atoms with van der Waals surface area (Å²) in [6.45, 7) is 4.22. The third-order valence-corrected chi connectivity index (χ3v) is 2.87. The lowest BCUT2D eigenvalue weighted by Gasteiger charge is -2.06. The zero-order chi connectivity index (χ0) is 16.0. The topological polar surface area (TPSA) is 90.8 Å². The van der Waals surface area contributed by atoms with E-state index in [4.69, 9.17) is 23.2 Å². The van der Waals surface area contributed by atoms with Crippen molar-refractivity contribution in [3.63, 3.8) is 0 Å². The van der Waals surface area contributed by atoms with Crippen LogP contribution < -0.4 is 10.7 Å². The van der Waals surface area contributed by atoms with Gasteiger partial charge in [-0.3, -0.25) is 9.59 Å². The lowest BCUT2D eigenvalue weighted by Crippen LogP contribution is -2.39. The largest absolute Gasteiger partial charge is 0.505 e. The molecule has 114 valence electrons. The molecule has 0 aromatic heterocycles. The molecule has 0 atom stereocenters. The monoisotopic (exact) mass is 331 g/mol. The maximum Gasteiger partial charge on any atom is 0.329 e. The number of nitrogens with zero attached hydrogens (tertiary/aromatic N) is 1. The molecule has 0 fully saturated rings. The highest BCUT2D eigenvalue weighted by Crippen LogP contribution is 2.32. The zero-order valence-electron chi connectivity index (χ0n) is 11.5. The first-order chi connectivity index (χ1) is 9.81. The van der Waals surface area contributed by atoms with Gasteiger partial charge in [0.25, 0.3) is 0 Å². The summed E-state index contributed by atoms with van der Waals surface area (Å²) in [4.78, 5) is 22.8. The van der Waals surface area contributed by atoms with Gasteiger partial charge in [-0.2, -0.15) is 5.10 Å². The number of halogens is 2. The van der Waals surface area contributed by atoms with Crippen LogP contribution in [-0.2, 0) is 9.59 Å². The minimum atomic E-state index is -0.872. The van der Waals surface area contributed by atoms with Crippen LogP contribution in [0.1, 0.15) is 19.4 Å². The van der Waals surface area contributed by atoms with Gasteiger partial charge in [0.1, 0.15) is 0 Å². The predicted octanol–water partition coefficient (Wildman–Crippen LogP) is 1.92. The lowest BCUT2D eigenvalue weighted by molar-refractivity contribution is -0.139. The Bertz CT molecular complexity index is 551. The number of carbonyl (C=O) groups excluding carboxylic acids is 2. The molecule has 0 aliphatic heterocycles. The van der Waals surface area contributed by atoms with Crippen LogP contribution in [0.3, 0.4) is 0 Å². The number of hydrogen-bond donors (Lipinski definition) is 3. The Labute approximate surface area is 132 Å². The number of hydrogen-bond acceptors (Lipinski definition) is 4. The van der Waals surface area contributed by atoms with Crippen LogP contribution in [0.2, 0.25) is 10.0 Å². The van der Waals surface area contributed by atoms with Gasteiger partial charge in [-0.25, -0.2) is 5.43 Å². The normalized spacial score (nSPS) is 10.9. The molecule has 8 heteroatoms. The summed E-state index contributed by atoms with van der Waals surface area (Å²) >= 11 is 11.5. The van der Waals surface area contributed by atoms with Gasteiger partial charge in [0.15, 0.2) is 5.75 Å². The van der Waals surface area contributed by atoms with Crippen LogP contribution in [-0.4, -0.2) is 29.7 Å². The number of phenolic OH excluding ortho intramolecular Hbond substituents is 1. The molecule has 0 spiro atoms. The fourth-order valence-corrected chi connectivity index (χ4v) is 1.76. The summed E-state index contributed by atoms with van der Waals surface area (Å²) in [6, 6.07) is 2.83. The highest BCUT2D eigenvalue weighted by molar-refractivity contribution is 6.37. The van der Waals surface area contributed by atoms with Crippen LogP contribution in [0.4, 0.5) is 0 Å². The van der Waals surface area contributed by atoms with E-state index in [0.29, 0.717) is 12.1 Å². The smallest absolute Gasteiger partial charge is 0.329 e. The molecule has 6 nitrogen and oxygen atoms in total. The summed E-state index contributed by atoms with van der Waals surface area (Å²) in [6.07, 6.45) is 1.25. The van der Waals surface area contributed by atoms with E-state index in [0.717, 1.165) is 0 Å². The van der Waals surface area contributed by atoms with Crippen molar-refractivity contribution in [2.45, 2.75) is 13.8 Å². The molecule has 0 radical (unpaired) electrons. The van der Waals surface area contributed by atoms with Crippen molar-refractivity contribution in [2.24, 2.45) is 11.0 Å². The molecule has 0 bridgehead atoms. The molecular formula is C13H15Cl2N3O3. The molecular weight excluding hydrogens is 317 g/mol. The molecule has 1 aromatic rings. The SMILES string of the molecule is CC(C)CNC(=O)C(=O)N/N=C/c1cc(Cl)c(O)c(Cl)c1. The van der Waals surface area contributed by atoms with Crippen LogP contribution in [0.15, 0.2) is 17.2 Å². The summed E-state index contributed by atoms with van der Waals surface area (Å²) in [5.41, 5.74) is 2.54. The highest BCUT2D eigenvalue weighted by atomic mass is 35.5. The maximum atomic E-state index is 11.4. The average Bonchev–Trinajstić information content (AvgIpc) is 2.41. The first-order valence-electron chi connectivity index (χ1n) is 6.10. The molecule has 0 aliphatic rings. The number of nitrogens with one attached hydrogen (secondary N) is 2. The number of amides is 2. The average molecular weight is 332 g/mol. The first-order valence-corrected chi connectivity index (χ1v) is 6.86. The van der Waals surface area contributed by atoms with Gasteiger partial charge >= 0.3 is 11.8 Å². The van der Waals surface area contributed by atoms with Crippen molar-refractivity contribution < 1.29 is 14.7 Å². The van der Waals surface area contributed by atoms with Crippen molar-refractivity contribution in [3.8, 4) is 5.75 Å². The number of aromatic hydroxyl groups is 1. The van der Waals surface area contributed by atoms with Crippen LogP contribution in [0.25, 0.3) is 0 Å². The Hall–Kier alpha value is -1.79. The summed E-state index contributed by atoms with van der Waals surface area (Å²) in [7, 11) is 0. The molecule has 0 saturated heterocycles. The van der Waals surface area contributed by atoms with E-state index in [1.807, 2.05) is 13.8 Å². The second kappa shape index (κ2) is 7.85. The minimum Gasteiger partial charge on any atom is -0.505 e. The summed E-state index contributed by atoms with van der Waals surface area (Å²) in [5, 5.41) is 15.6. The minimum absolute atomic E-state index is 0.0601. The summed E-state index contributed by atoms with van der Waals surface area (Å²) < 4.78 is 0. The molecule has 0 unspecified atom stereocenters. The first kappa shape index (κ1) is 17.3. The standard InChI is InChI=1S/C13H15Cl2N3O3/c1-7(2)5-16-12(20)13(21)18-17-6-8-3-9(14)11(19)10(15)4-8/h3-4,6-7,19H,5H2,1-2H3,(H,16,20)(H,18,21)/b17-6+. The molecule has 2 amide bonds. The fourth-order valence-electron chi connectivity index (χ4n) is 1.25. The van der Waals surface area contributed by atoms with E-state index >= 15 is 0 Å². The highest BCUT2D eigenvalue weighted by Gasteiger charge is 2.12. The fraction of sp³-hybridized carbons (Fsp3) is 0.308. The van der Waals surface area contributed by atoms with Crippen LogP contribution >= 0.6 is 23.2 Å². The van der Waals surface area contributed by atoms with Gasteiger partial charge in [0.05, 0.1) is 16.3 Å². The van der Waals surface area contributed by atoms with Gasteiger partial charge in [0, 0.05) is 6.54 Å². The van der Waals surface area contributed by atoms with E-state index in [2.05, 4.69) is 15.8 Å². The van der Waals surface area contributed by atoms with Crippen molar-refractivity contribution in [3.05, 3.63) is 27.7 Å². The number of rotatable bonds is 4. The van der Waals surface area contributed by atoms with Crippen LogP contribution in [0, 0.1) is 5.92 Å². The number of hydrazone groups is 1. The predicted molar refractivity (Wildman–Crippen MR) is 81.7 cm³/mol. The molecule has 0 heterocycles. The Morgan fingerprint density at radius 2 is 1.86 bits per heavy atom. The molecule has 1 rings (SSSR count). The van der Waals surface area contributed by atoms with E-state index in [-0.39, 0.29) is 21.7 Å². The van der Waals surface area contributed by atoms with E-state index < -0.39 is 11.8 Å². The zero-order valence-corrected chi connectivity index (χ0v) is 13.0. The number of benzene rings is 1. The van der Waals surface area contributed by atoms with Crippen molar-refractivity contribution in [1.82, 2.24) is 10.7 Å². The molecule has 1 aromatic carbocycles. The van der Waals surface area contributed by atoms with Gasteiger partial charge in [-0.15, -0.1) is 0 Å². The molecule has 21 heavy (non-hydrogen) atoms. The van der Waals surface area contributed by atoms with E-state index in [1.54, 1.807) is 0 Å². The Morgan fingerprint density at radius 3 is 2.38 bits per heavy atom. The second-order valence-electron chi connectivity index (χ2n) is 4.64. The van der Waals surface area contributed by atoms with Gasteiger partial charge in [0.2, 0.25) is 0 Å². The van der Waals surface area contributed by atoms with Crippen molar-refractivity contribution >= 4 is 41.2 Å². The molecule has 0 saturated carbocycles.